The van der Waals surface area contributed by atoms with Crippen molar-refractivity contribution in [2.24, 2.45) is 0 Å². The average molecular weight is 582 g/mol. The van der Waals surface area contributed by atoms with Crippen molar-refractivity contribution in [2.45, 2.75) is 54.9 Å². The number of aryl methyl sites for hydroxylation is 3. The van der Waals surface area contributed by atoms with Crippen LogP contribution in [0.15, 0.2) is 65.4 Å². The number of amides is 1. The fourth-order valence-corrected chi connectivity index (χ4v) is 4.88. The Labute approximate surface area is 252 Å². The van der Waals surface area contributed by atoms with E-state index in [1.807, 2.05) is 79.1 Å². The molecule has 5 aromatic rings. The third-order valence-corrected chi connectivity index (χ3v) is 6.65. The van der Waals surface area contributed by atoms with Crippen LogP contribution in [-0.2, 0) is 9.59 Å². The molecule has 6 rings (SSSR count). The van der Waals surface area contributed by atoms with Gasteiger partial charge in [0.05, 0.1) is 22.8 Å². The van der Waals surface area contributed by atoms with E-state index in [1.54, 1.807) is 0 Å². The van der Waals surface area contributed by atoms with Gasteiger partial charge in [0.1, 0.15) is 5.76 Å². The van der Waals surface area contributed by atoms with Gasteiger partial charge in [0.25, 0.3) is 6.47 Å². The molecule has 4 heterocycles. The summed E-state index contributed by atoms with van der Waals surface area (Å²) in [5, 5.41) is 19.7. The Balaban J connectivity index is 0.000000670. The molecule has 0 unspecified atom stereocenters. The highest BCUT2D eigenvalue weighted by atomic mass is 16.5. The molecule has 3 aromatic heterocycles. The summed E-state index contributed by atoms with van der Waals surface area (Å²) in [5.74, 6) is 0.723. The van der Waals surface area contributed by atoms with Gasteiger partial charge in [-0.15, -0.1) is 0 Å². The summed E-state index contributed by atoms with van der Waals surface area (Å²) in [7, 11) is 0. The molecular weight excluding hydrogens is 542 g/mol. The van der Waals surface area contributed by atoms with E-state index in [0.29, 0.717) is 13.0 Å². The van der Waals surface area contributed by atoms with Gasteiger partial charge in [-0.2, -0.15) is 0 Å². The van der Waals surface area contributed by atoms with Gasteiger partial charge in [0.2, 0.25) is 5.91 Å². The summed E-state index contributed by atoms with van der Waals surface area (Å²) >= 11 is 0. The molecule has 0 saturated carbocycles. The lowest BCUT2D eigenvalue weighted by atomic mass is 9.92. The van der Waals surface area contributed by atoms with Crippen molar-refractivity contribution in [3.8, 4) is 33.5 Å². The van der Waals surface area contributed by atoms with E-state index in [1.165, 1.54) is 0 Å². The molecular formula is C34H39N5O4. The van der Waals surface area contributed by atoms with Crippen LogP contribution in [0.4, 0.5) is 11.4 Å². The lowest BCUT2D eigenvalue weighted by Gasteiger charge is -2.18. The van der Waals surface area contributed by atoms with Gasteiger partial charge < -0.3 is 20.3 Å². The Kier molecular flexibility index (Phi) is 11.5. The maximum Gasteiger partial charge on any atom is 0.290 e. The molecule has 1 aliphatic heterocycles. The molecule has 0 aliphatic carbocycles. The Morgan fingerprint density at radius 2 is 1.65 bits per heavy atom. The van der Waals surface area contributed by atoms with Crippen molar-refractivity contribution in [2.75, 3.05) is 17.2 Å². The van der Waals surface area contributed by atoms with E-state index in [4.69, 9.17) is 19.4 Å². The molecule has 1 aliphatic rings. The lowest BCUT2D eigenvalue weighted by Crippen LogP contribution is -2.10. The maximum absolute atomic E-state index is 12.4. The largest absolute Gasteiger partial charge is 0.483 e. The van der Waals surface area contributed by atoms with E-state index >= 15 is 0 Å². The van der Waals surface area contributed by atoms with E-state index in [2.05, 4.69) is 51.1 Å². The Bertz CT molecular complexity index is 1670. The number of fused-ring (bicyclic) bond motifs is 2. The van der Waals surface area contributed by atoms with Gasteiger partial charge in [0, 0.05) is 53.1 Å². The van der Waals surface area contributed by atoms with Crippen LogP contribution in [0.1, 0.15) is 51.3 Å². The molecule has 9 heteroatoms. The second kappa shape index (κ2) is 15.3. The van der Waals surface area contributed by atoms with Crippen LogP contribution < -0.4 is 10.6 Å². The van der Waals surface area contributed by atoms with Gasteiger partial charge in [0.15, 0.2) is 0 Å². The molecule has 3 N–H and O–H groups in total. The maximum atomic E-state index is 12.4. The zero-order chi connectivity index (χ0) is 31.5. The van der Waals surface area contributed by atoms with Crippen LogP contribution in [0.3, 0.4) is 0 Å². The summed E-state index contributed by atoms with van der Waals surface area (Å²) < 4.78 is 5.45. The number of rotatable bonds is 3. The molecule has 0 atom stereocenters. The first kappa shape index (κ1) is 32.5. The standard InChI is InChI=1S/C29H25N5O2.2C2H6.CH2O2/c1-16-7-8-20(14-31-16)25-12-19-5-4-6-22(24(19)15-32-25)23-11-21(28-17(2)34-36-18(28)3)13-26-29(23)30-10-9-27(35)33-26;2*1-2;2-1-3/h4-8,11-15,30H,9-10H2,1-3H3,(H,33,35);2*1-2H3;1H,(H,2,3). The van der Waals surface area contributed by atoms with E-state index in [-0.39, 0.29) is 12.4 Å². The minimum Gasteiger partial charge on any atom is -0.483 e. The van der Waals surface area contributed by atoms with Crippen molar-refractivity contribution < 1.29 is 19.2 Å². The predicted molar refractivity (Wildman–Crippen MR) is 173 cm³/mol. The minimum atomic E-state index is -0.250. The number of pyridine rings is 2. The first-order chi connectivity index (χ1) is 20.9. The number of hydrogen-bond acceptors (Lipinski definition) is 7. The molecule has 2 aromatic carbocycles. The molecule has 43 heavy (non-hydrogen) atoms. The Morgan fingerprint density at radius 1 is 0.907 bits per heavy atom. The molecule has 0 bridgehead atoms. The Morgan fingerprint density at radius 3 is 2.30 bits per heavy atom. The van der Waals surface area contributed by atoms with Crippen LogP contribution >= 0.6 is 0 Å². The highest BCUT2D eigenvalue weighted by Gasteiger charge is 2.22. The monoisotopic (exact) mass is 581 g/mol. The summed E-state index contributed by atoms with van der Waals surface area (Å²) in [6.07, 6.45) is 4.18. The number of nitrogens with one attached hydrogen (secondary N) is 2. The van der Waals surface area contributed by atoms with Crippen LogP contribution in [0, 0.1) is 20.8 Å². The third-order valence-electron chi connectivity index (χ3n) is 6.65. The number of anilines is 2. The average Bonchev–Trinajstić information content (AvgIpc) is 3.24. The minimum absolute atomic E-state index is 0.0148. The molecule has 0 radical (unpaired) electrons. The zero-order valence-electron chi connectivity index (χ0n) is 25.8. The van der Waals surface area contributed by atoms with Crippen molar-refractivity contribution in [3.05, 3.63) is 78.1 Å². The summed E-state index contributed by atoms with van der Waals surface area (Å²) in [4.78, 5) is 30.0. The predicted octanol–water partition coefficient (Wildman–Crippen LogP) is 8.05. The highest BCUT2D eigenvalue weighted by Crippen LogP contribution is 2.43. The molecule has 0 spiro atoms. The molecule has 0 fully saturated rings. The molecule has 224 valence electrons. The number of benzene rings is 2. The first-order valence-electron chi connectivity index (χ1n) is 14.4. The number of carbonyl (C=O) groups excluding carboxylic acids is 1. The smallest absolute Gasteiger partial charge is 0.290 e. The summed E-state index contributed by atoms with van der Waals surface area (Å²) in [6, 6.07) is 16.5. The SMILES string of the molecule is CC.CC.Cc1ccc(-c2cc3cccc(-c4cc(-c5c(C)noc5C)cc5c4NCCC(=O)N5)c3cn2)cn1.O=CO. The number of nitrogens with zero attached hydrogens (tertiary/aromatic N) is 3. The van der Waals surface area contributed by atoms with Crippen molar-refractivity contribution in [1.82, 2.24) is 15.1 Å². The molecule has 1 amide bonds. The van der Waals surface area contributed by atoms with Crippen LogP contribution in [0.25, 0.3) is 44.3 Å². The second-order valence-corrected chi connectivity index (χ2v) is 9.26. The lowest BCUT2D eigenvalue weighted by molar-refractivity contribution is -0.123. The quantitative estimate of drug-likeness (QED) is 0.182. The van der Waals surface area contributed by atoms with Crippen molar-refractivity contribution in [3.63, 3.8) is 0 Å². The number of carboxylic acid groups (broad SMARTS) is 1. The van der Waals surface area contributed by atoms with Crippen LogP contribution in [-0.4, -0.2) is 39.2 Å². The highest BCUT2D eigenvalue weighted by molar-refractivity contribution is 6.06. The van der Waals surface area contributed by atoms with E-state index < -0.39 is 0 Å². The van der Waals surface area contributed by atoms with Gasteiger partial charge >= 0.3 is 0 Å². The summed E-state index contributed by atoms with van der Waals surface area (Å²) in [6.45, 7) is 14.1. The van der Waals surface area contributed by atoms with E-state index in [0.717, 1.165) is 72.8 Å². The Hall–Kier alpha value is -5.05. The fourth-order valence-electron chi connectivity index (χ4n) is 4.88. The van der Waals surface area contributed by atoms with Crippen molar-refractivity contribution >= 4 is 34.5 Å². The van der Waals surface area contributed by atoms with Crippen LogP contribution in [0.5, 0.6) is 0 Å². The number of hydrogen-bond donors (Lipinski definition) is 3. The van der Waals surface area contributed by atoms with Crippen molar-refractivity contribution in [1.29, 1.82) is 0 Å². The summed E-state index contributed by atoms with van der Waals surface area (Å²) in [5.41, 5.74) is 9.17. The third kappa shape index (κ3) is 7.24. The zero-order valence-corrected chi connectivity index (χ0v) is 25.8. The van der Waals surface area contributed by atoms with Gasteiger partial charge in [-0.1, -0.05) is 51.1 Å². The van der Waals surface area contributed by atoms with E-state index in [9.17, 15) is 4.79 Å². The first-order valence-corrected chi connectivity index (χ1v) is 14.4. The normalized spacial score (nSPS) is 11.6. The molecule has 9 nitrogen and oxygen atoms in total. The fraction of sp³-hybridized carbons (Fsp3) is 0.265. The van der Waals surface area contributed by atoms with Gasteiger partial charge in [-0.3, -0.25) is 19.6 Å². The topological polar surface area (TPSA) is 130 Å². The van der Waals surface area contributed by atoms with Gasteiger partial charge in [-0.05, 0) is 67.6 Å². The molecule has 0 saturated heterocycles. The number of carbonyl (C=O) groups is 2. The van der Waals surface area contributed by atoms with Gasteiger partial charge in [-0.25, -0.2) is 0 Å². The van der Waals surface area contributed by atoms with Crippen LogP contribution in [0.2, 0.25) is 0 Å². The second-order valence-electron chi connectivity index (χ2n) is 9.26. The number of aromatic nitrogens is 3.